The Balaban J connectivity index is 1.39. The fraction of sp³-hybridized carbons (Fsp3) is 0.650. The van der Waals surface area contributed by atoms with E-state index in [1.807, 2.05) is 23.1 Å². The second kappa shape index (κ2) is 5.57. The van der Waals surface area contributed by atoms with Gasteiger partial charge in [0.1, 0.15) is 5.60 Å². The molecule has 0 radical (unpaired) electrons. The third-order valence-corrected chi connectivity index (χ3v) is 6.02. The molecule has 1 aliphatic carbocycles. The molecule has 1 amide bonds. The van der Waals surface area contributed by atoms with Gasteiger partial charge in [-0.1, -0.05) is 50.1 Å². The van der Waals surface area contributed by atoms with Crippen molar-refractivity contribution in [3.63, 3.8) is 0 Å². The lowest BCUT2D eigenvalue weighted by Gasteiger charge is -2.48. The second-order valence-electron chi connectivity index (χ2n) is 8.09. The summed E-state index contributed by atoms with van der Waals surface area (Å²) in [5, 5.41) is 10.7. The highest BCUT2D eigenvalue weighted by molar-refractivity contribution is 5.92. The van der Waals surface area contributed by atoms with Crippen LogP contribution in [0.1, 0.15) is 51.0 Å². The molecule has 2 heterocycles. The Morgan fingerprint density at radius 2 is 1.96 bits per heavy atom. The van der Waals surface area contributed by atoms with Gasteiger partial charge in [0.2, 0.25) is 5.91 Å². The minimum Gasteiger partial charge on any atom is -0.387 e. The first-order valence-electron chi connectivity index (χ1n) is 9.22. The third kappa shape index (κ3) is 2.56. The van der Waals surface area contributed by atoms with E-state index in [0.29, 0.717) is 26.1 Å². The van der Waals surface area contributed by atoms with Crippen molar-refractivity contribution in [2.75, 3.05) is 19.7 Å². The molecule has 1 spiro atoms. The number of benzene rings is 1. The fourth-order valence-electron chi connectivity index (χ4n) is 4.46. The number of amides is 1. The van der Waals surface area contributed by atoms with Crippen LogP contribution < -0.4 is 0 Å². The number of aliphatic hydroxyl groups is 1. The summed E-state index contributed by atoms with van der Waals surface area (Å²) in [7, 11) is 0. The lowest BCUT2D eigenvalue weighted by molar-refractivity contribution is -0.160. The maximum absolute atomic E-state index is 13.0. The standard InChI is InChI=1S/C20H27NO3/c1-2-3-9-18(23)12-19(24-15-18)13-21(14-19)17(22)20(10-11-20)16-7-5-4-6-8-16/h4-8,23H,2-3,9-15H2,1H3. The molecule has 130 valence electrons. The molecule has 2 aliphatic heterocycles. The van der Waals surface area contributed by atoms with Crippen LogP contribution in [0.4, 0.5) is 0 Å². The van der Waals surface area contributed by atoms with E-state index in [4.69, 9.17) is 4.74 Å². The van der Waals surface area contributed by atoms with Gasteiger partial charge in [-0.25, -0.2) is 0 Å². The van der Waals surface area contributed by atoms with E-state index in [0.717, 1.165) is 37.7 Å². The number of hydrogen-bond acceptors (Lipinski definition) is 3. The summed E-state index contributed by atoms with van der Waals surface area (Å²) in [6, 6.07) is 10.1. The monoisotopic (exact) mass is 329 g/mol. The summed E-state index contributed by atoms with van der Waals surface area (Å²) in [5.41, 5.74) is -0.144. The minimum absolute atomic E-state index is 0.243. The summed E-state index contributed by atoms with van der Waals surface area (Å²) in [6.07, 6.45) is 5.46. The molecule has 2 saturated heterocycles. The molecule has 1 aromatic rings. The molecule has 1 N–H and O–H groups in total. The number of carbonyl (C=O) groups excluding carboxylic acids is 1. The van der Waals surface area contributed by atoms with Crippen molar-refractivity contribution in [1.82, 2.24) is 4.90 Å². The Labute approximate surface area is 143 Å². The molecular formula is C20H27NO3. The Bertz CT molecular complexity index is 619. The van der Waals surface area contributed by atoms with Crippen LogP contribution in [0.25, 0.3) is 0 Å². The van der Waals surface area contributed by atoms with Gasteiger partial charge in [-0.05, 0) is 24.8 Å². The summed E-state index contributed by atoms with van der Waals surface area (Å²) < 4.78 is 5.96. The van der Waals surface area contributed by atoms with Crippen LogP contribution in [-0.2, 0) is 14.9 Å². The molecule has 3 aliphatic rings. The zero-order valence-electron chi connectivity index (χ0n) is 14.5. The van der Waals surface area contributed by atoms with Crippen LogP contribution in [0, 0.1) is 0 Å². The van der Waals surface area contributed by atoms with Crippen molar-refractivity contribution in [1.29, 1.82) is 0 Å². The first kappa shape index (κ1) is 16.1. The molecule has 1 saturated carbocycles. The van der Waals surface area contributed by atoms with E-state index in [1.165, 1.54) is 0 Å². The first-order chi connectivity index (χ1) is 11.5. The van der Waals surface area contributed by atoms with Crippen LogP contribution in [-0.4, -0.2) is 46.8 Å². The van der Waals surface area contributed by atoms with Crippen molar-refractivity contribution in [3.05, 3.63) is 35.9 Å². The Kier molecular flexibility index (Phi) is 3.73. The molecular weight excluding hydrogens is 302 g/mol. The normalized spacial score (nSPS) is 29.5. The second-order valence-corrected chi connectivity index (χ2v) is 8.09. The summed E-state index contributed by atoms with van der Waals surface area (Å²) in [6.45, 7) is 3.82. The van der Waals surface area contributed by atoms with Crippen LogP contribution in [0.2, 0.25) is 0 Å². The molecule has 0 bridgehead atoms. The van der Waals surface area contributed by atoms with E-state index in [2.05, 4.69) is 19.1 Å². The molecule has 4 nitrogen and oxygen atoms in total. The van der Waals surface area contributed by atoms with Gasteiger partial charge in [0.05, 0.1) is 30.7 Å². The topological polar surface area (TPSA) is 49.8 Å². The van der Waals surface area contributed by atoms with Crippen LogP contribution in [0.15, 0.2) is 30.3 Å². The van der Waals surface area contributed by atoms with Gasteiger partial charge < -0.3 is 14.7 Å². The molecule has 1 unspecified atom stereocenters. The smallest absolute Gasteiger partial charge is 0.233 e. The summed E-state index contributed by atoms with van der Waals surface area (Å²) >= 11 is 0. The highest BCUT2D eigenvalue weighted by atomic mass is 16.5. The number of ether oxygens (including phenoxy) is 1. The number of rotatable bonds is 5. The molecule has 3 fully saturated rings. The van der Waals surface area contributed by atoms with E-state index < -0.39 is 5.60 Å². The van der Waals surface area contributed by atoms with Gasteiger partial charge in [-0.15, -0.1) is 0 Å². The van der Waals surface area contributed by atoms with Crippen molar-refractivity contribution in [2.45, 2.75) is 62.1 Å². The number of likely N-dealkylation sites (tertiary alicyclic amines) is 1. The number of nitrogens with zero attached hydrogens (tertiary/aromatic N) is 1. The van der Waals surface area contributed by atoms with Gasteiger partial charge in [0.15, 0.2) is 0 Å². The molecule has 1 aromatic carbocycles. The SMILES string of the molecule is CCCCC1(O)COC2(CN(C(=O)C3(c4ccccc4)CC3)C2)C1. The van der Waals surface area contributed by atoms with Gasteiger partial charge in [0, 0.05) is 6.42 Å². The van der Waals surface area contributed by atoms with E-state index >= 15 is 0 Å². The van der Waals surface area contributed by atoms with Crippen LogP contribution >= 0.6 is 0 Å². The highest BCUT2D eigenvalue weighted by Gasteiger charge is 2.60. The molecule has 4 rings (SSSR count). The molecule has 1 atom stereocenters. The first-order valence-corrected chi connectivity index (χ1v) is 9.22. The van der Waals surface area contributed by atoms with Gasteiger partial charge in [0.25, 0.3) is 0 Å². The maximum atomic E-state index is 13.0. The molecule has 0 aromatic heterocycles. The van der Waals surface area contributed by atoms with Crippen molar-refractivity contribution >= 4 is 5.91 Å². The predicted octanol–water partition coefficient (Wildman–Crippen LogP) is 2.64. The summed E-state index contributed by atoms with van der Waals surface area (Å²) in [4.78, 5) is 14.9. The lowest BCUT2D eigenvalue weighted by atomic mass is 9.81. The number of carbonyl (C=O) groups is 1. The average molecular weight is 329 g/mol. The Morgan fingerprint density at radius 1 is 1.25 bits per heavy atom. The average Bonchev–Trinajstić information content (AvgIpc) is 3.30. The molecule has 24 heavy (non-hydrogen) atoms. The minimum atomic E-state index is -0.693. The van der Waals surface area contributed by atoms with Gasteiger partial charge >= 0.3 is 0 Å². The number of hydrogen-bond donors (Lipinski definition) is 1. The predicted molar refractivity (Wildman–Crippen MR) is 91.7 cm³/mol. The third-order valence-electron chi connectivity index (χ3n) is 6.02. The highest BCUT2D eigenvalue weighted by Crippen LogP contribution is 2.52. The van der Waals surface area contributed by atoms with Crippen molar-refractivity contribution in [3.8, 4) is 0 Å². The van der Waals surface area contributed by atoms with E-state index in [-0.39, 0.29) is 16.9 Å². The van der Waals surface area contributed by atoms with Crippen LogP contribution in [0.5, 0.6) is 0 Å². The fourth-order valence-corrected chi connectivity index (χ4v) is 4.46. The lowest BCUT2D eigenvalue weighted by Crippen LogP contribution is -2.65. The maximum Gasteiger partial charge on any atom is 0.233 e. The van der Waals surface area contributed by atoms with Crippen LogP contribution in [0.3, 0.4) is 0 Å². The van der Waals surface area contributed by atoms with Crippen molar-refractivity contribution < 1.29 is 14.6 Å². The largest absolute Gasteiger partial charge is 0.387 e. The zero-order valence-corrected chi connectivity index (χ0v) is 14.5. The number of unbranched alkanes of at least 4 members (excludes halogenated alkanes) is 1. The molecule has 4 heteroatoms. The Morgan fingerprint density at radius 3 is 2.58 bits per heavy atom. The van der Waals surface area contributed by atoms with E-state index in [1.54, 1.807) is 0 Å². The van der Waals surface area contributed by atoms with Gasteiger partial charge in [-0.3, -0.25) is 4.79 Å². The quantitative estimate of drug-likeness (QED) is 0.903. The zero-order chi connectivity index (χ0) is 16.8. The Hall–Kier alpha value is -1.39. The summed E-state index contributed by atoms with van der Waals surface area (Å²) in [5.74, 6) is 0.243. The van der Waals surface area contributed by atoms with E-state index in [9.17, 15) is 9.90 Å². The van der Waals surface area contributed by atoms with Gasteiger partial charge in [-0.2, -0.15) is 0 Å². The van der Waals surface area contributed by atoms with Crippen molar-refractivity contribution in [2.24, 2.45) is 0 Å².